The molecular formula is C122H100BrCl2LiN6OSi2. The van der Waals surface area contributed by atoms with Crippen LogP contribution in [0.3, 0.4) is 0 Å². The van der Waals surface area contributed by atoms with Gasteiger partial charge in [0.15, 0.2) is 8.07 Å². The Hall–Kier alpha value is -14.0. The maximum atomic E-state index is 6.49. The van der Waals surface area contributed by atoms with Gasteiger partial charge >= 0.3 is 25.6 Å². The topological polar surface area (TPSA) is 33.7 Å². The largest absolute Gasteiger partial charge is 1.00 e. The Morgan fingerprint density at radius 2 is 0.474 bits per heavy atom. The van der Waals surface area contributed by atoms with Crippen LogP contribution < -0.4 is 64.7 Å². The number of hydrogen-bond donors (Lipinski definition) is 0. The van der Waals surface area contributed by atoms with Crippen molar-refractivity contribution in [3.63, 3.8) is 0 Å². The third-order valence-electron chi connectivity index (χ3n) is 24.9. The third kappa shape index (κ3) is 19.3. The Balaban J connectivity index is 0.000000170. The number of anilines is 9. The van der Waals surface area contributed by atoms with Crippen molar-refractivity contribution < 1.29 is 23.6 Å². The molecule has 1 aliphatic heterocycles. The molecule has 0 unspecified atom stereocenters. The first-order valence-corrected chi connectivity index (χ1v) is 52.7. The van der Waals surface area contributed by atoms with Crippen LogP contribution in [0.25, 0.3) is 82.5 Å². The third-order valence-corrected chi connectivity index (χ3v) is 35.0. The summed E-state index contributed by atoms with van der Waals surface area (Å²) in [4.78, 5) is 7.10. The monoisotopic (exact) mass is 1880 g/mol. The molecule has 654 valence electrons. The molecule has 0 aliphatic carbocycles. The zero-order valence-corrected chi connectivity index (χ0v) is 80.7. The van der Waals surface area contributed by atoms with Gasteiger partial charge in [0.1, 0.15) is 0 Å². The van der Waals surface area contributed by atoms with E-state index in [-0.39, 0.29) is 18.9 Å². The van der Waals surface area contributed by atoms with Crippen LogP contribution in [0, 0.1) is 6.92 Å². The van der Waals surface area contributed by atoms with Crippen LogP contribution in [0.4, 0.5) is 51.2 Å². The van der Waals surface area contributed by atoms with Crippen LogP contribution in [0.1, 0.15) is 32.6 Å². The van der Waals surface area contributed by atoms with Crippen molar-refractivity contribution >= 4 is 201 Å². The van der Waals surface area contributed by atoms with Crippen molar-refractivity contribution in [2.75, 3.05) is 27.9 Å². The summed E-state index contributed by atoms with van der Waals surface area (Å²) in [6.07, 6.45) is 4.83. The van der Waals surface area contributed by atoms with Gasteiger partial charge in [0.05, 0.1) is 33.1 Å². The fourth-order valence-electron chi connectivity index (χ4n) is 18.6. The Morgan fingerprint density at radius 1 is 0.259 bits per heavy atom. The van der Waals surface area contributed by atoms with E-state index in [1.165, 1.54) is 111 Å². The summed E-state index contributed by atoms with van der Waals surface area (Å²) in [6, 6.07) is 180. The number of ether oxygens (including phenoxy) is 1. The van der Waals surface area contributed by atoms with Crippen molar-refractivity contribution in [3.8, 4) is 17.1 Å². The van der Waals surface area contributed by atoms with Crippen molar-refractivity contribution in [3.05, 3.63) is 515 Å². The quantitative estimate of drug-likeness (QED) is 0.0350. The molecule has 0 saturated carbocycles. The molecule has 0 atom stereocenters. The average Bonchev–Trinajstić information content (AvgIpc) is 1.71. The second-order valence-corrected chi connectivity index (χ2v) is 44.2. The number of benzene rings is 19. The summed E-state index contributed by atoms with van der Waals surface area (Å²) in [5.74, 6) is 0. The molecule has 1 fully saturated rings. The van der Waals surface area contributed by atoms with Crippen LogP contribution in [0.15, 0.2) is 508 Å². The fraction of sp³-hybridized carbons (Fsp3) is 0.0574. The van der Waals surface area contributed by atoms with Gasteiger partial charge in [-0.3, -0.25) is 0 Å². The molecule has 0 amide bonds. The Kier molecular flexibility index (Phi) is 29.1. The first-order chi connectivity index (χ1) is 66.1. The predicted octanol–water partition coefficient (Wildman–Crippen LogP) is 27.4. The van der Waals surface area contributed by atoms with Gasteiger partial charge in [-0.15, -0.1) is 22.2 Å². The van der Waals surface area contributed by atoms with Crippen LogP contribution in [0.5, 0.6) is 0 Å². The molecule has 135 heavy (non-hydrogen) atoms. The SMILES string of the molecule is Brc1ccc(N(c2ccccc2)c2ccc3c(c2)c2ccccc2n3-c2ccccc2)cc1.C1CCOC1.Cl[Si](Cl)(c1ccccc1)c1ccccc1.[CH2-]CCC.[Li+].c1ccc(N(c2ccc([Si](c3ccccc3)(c3ccccc3)c3ccc(N(c4ccccc4)c4ccc5c(c4)c4ccccc4n5-c4ccccc4)cc3)cc2)c2ccc3c(c2)c2ccccc2n3-c2ccccc2)cc1. The molecule has 19 aromatic carbocycles. The minimum absolute atomic E-state index is 0. The standard InChI is InChI=1S/C72H52N4Si.C30H21BrN2.C12H10Cl2Si.C4H8O.C4H9.Li/c1-7-23-53(24-8-1)73(59-43-49-71-67(51-59)65-35-19-21-37-69(65)75(71)55-27-11-3-12-28-55)57-39-45-63(46-40-57)77(61-31-15-5-16-32-61,62-33-17-6-18-34-62)64-47-41-58(42-48-64)74(54-25-9-2-10-26-54)60-44-50-72-68(52-60)66-36-20-22-38-70(66)76(72)56-29-13-4-14-30-56;31-22-15-17-25(18-16-22)32(23-9-3-1-4-10-23)26-19-20-30-28(21-26)27-13-7-8-14-29(27)33(30)24-11-5-2-6-12-24;13-15(14,11-7-3-1-4-8-11)12-9-5-2-6-10-12;1-2-4-5-3-1;1-3-4-2;/h1-52H;1-21H;1-10H;1-4H2;1,3-4H2,2H3;/q;;;;-1;+1. The summed E-state index contributed by atoms with van der Waals surface area (Å²) in [5.41, 5.74) is 20.6. The minimum atomic E-state index is -2.97. The average molecular weight is 1880 g/mol. The summed E-state index contributed by atoms with van der Waals surface area (Å²) < 4.78 is 13.1. The van der Waals surface area contributed by atoms with Gasteiger partial charge in [-0.2, -0.15) is 6.42 Å². The molecule has 4 heterocycles. The Morgan fingerprint density at radius 3 is 0.741 bits per heavy atom. The number of nitrogens with zero attached hydrogens (tertiary/aromatic N) is 6. The second-order valence-electron chi connectivity index (χ2n) is 33.2. The molecule has 0 spiro atoms. The maximum absolute atomic E-state index is 6.49. The Bertz CT molecular complexity index is 7290. The van der Waals surface area contributed by atoms with Crippen LogP contribution >= 0.6 is 38.1 Å². The van der Waals surface area contributed by atoms with E-state index in [2.05, 4.69) is 501 Å². The van der Waals surface area contributed by atoms with Gasteiger partial charge in [-0.25, -0.2) is 0 Å². The first-order valence-electron chi connectivity index (χ1n) is 45.9. The van der Waals surface area contributed by atoms with Gasteiger partial charge < -0.3 is 40.1 Å². The van der Waals surface area contributed by atoms with Crippen LogP contribution in [0.2, 0.25) is 0 Å². The van der Waals surface area contributed by atoms with E-state index in [0.717, 1.165) is 97.0 Å². The molecule has 1 aliphatic rings. The Labute approximate surface area is 823 Å². The molecule has 22 aromatic rings. The number of fused-ring (bicyclic) bond motifs is 9. The molecule has 7 nitrogen and oxygen atoms in total. The van der Waals surface area contributed by atoms with Gasteiger partial charge in [0.25, 0.3) is 0 Å². The predicted molar refractivity (Wildman–Crippen MR) is 581 cm³/mol. The van der Waals surface area contributed by atoms with Gasteiger partial charge in [0.2, 0.25) is 0 Å². The molecule has 3 aromatic heterocycles. The van der Waals surface area contributed by atoms with E-state index < -0.39 is 14.8 Å². The van der Waals surface area contributed by atoms with Gasteiger partial charge in [0, 0.05) is 118 Å². The number of unbranched alkanes of at least 4 members (excludes halogenated alkanes) is 1. The molecule has 23 rings (SSSR count). The van der Waals surface area contributed by atoms with E-state index in [1.807, 2.05) is 60.7 Å². The summed E-state index contributed by atoms with van der Waals surface area (Å²) in [6.45, 7) is 5.21. The molecular weight excluding hydrogens is 1780 g/mol. The summed E-state index contributed by atoms with van der Waals surface area (Å²) in [7, 11) is -2.97. The van der Waals surface area contributed by atoms with Crippen molar-refractivity contribution in [1.82, 2.24) is 13.7 Å². The van der Waals surface area contributed by atoms with Crippen LogP contribution in [-0.4, -0.2) is 41.7 Å². The number of hydrogen-bond acceptors (Lipinski definition) is 4. The summed E-state index contributed by atoms with van der Waals surface area (Å²) >= 11 is 16.6. The zero-order valence-electron chi connectivity index (χ0n) is 75.6. The zero-order chi connectivity index (χ0) is 91.0. The molecule has 0 N–H and O–H groups in total. The molecule has 0 bridgehead atoms. The van der Waals surface area contributed by atoms with E-state index in [1.54, 1.807) is 0 Å². The van der Waals surface area contributed by atoms with E-state index >= 15 is 0 Å². The molecule has 1 saturated heterocycles. The van der Waals surface area contributed by atoms with E-state index in [9.17, 15) is 0 Å². The molecule has 0 radical (unpaired) electrons. The van der Waals surface area contributed by atoms with Crippen molar-refractivity contribution in [2.24, 2.45) is 0 Å². The van der Waals surface area contributed by atoms with Gasteiger partial charge in [-0.05, 0) is 238 Å². The maximum Gasteiger partial charge on any atom is 1.00 e. The van der Waals surface area contributed by atoms with E-state index in [4.69, 9.17) is 26.9 Å². The second kappa shape index (κ2) is 42.9. The first kappa shape index (κ1) is 91.5. The summed E-state index contributed by atoms with van der Waals surface area (Å²) in [5, 5.41) is 14.7. The normalized spacial score (nSPS) is 11.7. The fourth-order valence-corrected chi connectivity index (χ4v) is 26.6. The van der Waals surface area contributed by atoms with Crippen LogP contribution in [-0.2, 0) is 4.74 Å². The van der Waals surface area contributed by atoms with E-state index in [0.29, 0.717) is 0 Å². The van der Waals surface area contributed by atoms with Crippen molar-refractivity contribution in [2.45, 2.75) is 32.6 Å². The smallest absolute Gasteiger partial charge is 0.381 e. The van der Waals surface area contributed by atoms with Gasteiger partial charge in [-0.1, -0.05) is 339 Å². The number of para-hydroxylation sites is 9. The minimum Gasteiger partial charge on any atom is -0.381 e. The number of halogens is 3. The van der Waals surface area contributed by atoms with Crippen molar-refractivity contribution in [1.29, 1.82) is 0 Å². The molecule has 13 heteroatoms. The number of aromatic nitrogens is 3. The number of rotatable bonds is 19.